The first kappa shape index (κ1) is 84.7. The summed E-state index contributed by atoms with van der Waals surface area (Å²) in [4.78, 5) is 101. The molecule has 5 aromatic rings. The van der Waals surface area contributed by atoms with Gasteiger partial charge in [-0.25, -0.2) is 11.1 Å². The van der Waals surface area contributed by atoms with Crippen LogP contribution >= 0.6 is 23.5 Å². The average Bonchev–Trinajstić information content (AvgIpc) is 0.776. The maximum absolute atomic E-state index is 13.0. The van der Waals surface area contributed by atoms with Gasteiger partial charge in [-0.05, 0) is 101 Å². The van der Waals surface area contributed by atoms with Crippen LogP contribution in [-0.4, -0.2) is 212 Å². The van der Waals surface area contributed by atoms with Gasteiger partial charge in [-0.15, -0.1) is 0 Å². The maximum atomic E-state index is 13.0. The first-order valence-corrected chi connectivity index (χ1v) is 33.5. The number of Topliss-reactive ketones (excluding diaryl/α,β-unsaturated/α-hetero) is 1. The molecule has 5 aromatic carbocycles. The topological polar surface area (TPSA) is 420 Å². The third-order valence-electron chi connectivity index (χ3n) is 15.7. The molecule has 6 amide bonds. The largest absolute Gasteiger partial charge is 1.00 e. The fraction of sp³-hybridized carbons (Fsp3) is 0.441. The molecule has 0 bridgehead atoms. The number of ether oxygens (including phenoxy) is 4. The van der Waals surface area contributed by atoms with Gasteiger partial charge in [0, 0.05) is 88.3 Å². The number of aliphatic hydroxyl groups is 6. The van der Waals surface area contributed by atoms with Crippen molar-refractivity contribution in [1.82, 2.24) is 26.6 Å². The van der Waals surface area contributed by atoms with Gasteiger partial charge in [0.05, 0.1) is 48.9 Å². The van der Waals surface area contributed by atoms with Crippen LogP contribution < -0.4 is 96.1 Å². The van der Waals surface area contributed by atoms with Gasteiger partial charge >= 0.3 is 65.1 Å². The minimum atomic E-state index is -2.57. The predicted octanol–water partition coefficient (Wildman–Crippen LogP) is -3.99. The quantitative estimate of drug-likeness (QED) is 0.0103. The van der Waals surface area contributed by atoms with Gasteiger partial charge in [0.15, 0.2) is 0 Å². The van der Waals surface area contributed by atoms with E-state index in [1.165, 1.54) is 30.4 Å². The summed E-state index contributed by atoms with van der Waals surface area (Å²) >= 11 is 2.98. The summed E-state index contributed by atoms with van der Waals surface area (Å²) in [5.41, 5.74) is 5.49. The number of thioether (sulfide) groups is 2. The van der Waals surface area contributed by atoms with Crippen LogP contribution in [0.4, 0.5) is 10.5 Å². The number of carbonyl (C=O) groups is 7. The molecule has 0 radical (unpaired) electrons. The molecule has 13 N–H and O–H groups in total. The van der Waals surface area contributed by atoms with Crippen molar-refractivity contribution in [1.29, 1.82) is 0 Å². The monoisotopic (exact) mass is 1410 g/mol. The SMILES string of the molecule is CC(=O)N[C@H]1[C@H]([C@H](O)[C@H](O)CNC(=O)c2ccc(-c3ccccc3)cc2)O[C@]([C-]=O)(OCCCSCCNC(=O)Nc2ccc(CC(=O)CCCSCCCO[C@]3(C(=O)[O-])C[C@H](O)[C@@H](NC(C)=O)[C@H]([C@H](O)[C@H](O)CNC(=O)c4ccc(-c5ccccc5)cc4)O3)cc2)C[C@@H]1O.[Na+].[Na+].[OH-]. The molecule has 2 aliphatic heterocycles. The summed E-state index contributed by atoms with van der Waals surface area (Å²) in [6.07, 6.45) is -11.3. The number of carboxylic acids is 1. The van der Waals surface area contributed by atoms with Crippen LogP contribution in [0.5, 0.6) is 0 Å². The van der Waals surface area contributed by atoms with Crippen LogP contribution in [0.15, 0.2) is 133 Å². The Bertz CT molecular complexity index is 3320. The molecule has 2 aliphatic rings. The number of aliphatic hydroxyl groups excluding tert-OH is 6. The fourth-order valence-corrected chi connectivity index (χ4v) is 12.4. The first-order chi connectivity index (χ1) is 45.6. The van der Waals surface area contributed by atoms with Crippen molar-refractivity contribution in [3.63, 3.8) is 0 Å². The van der Waals surface area contributed by atoms with Gasteiger partial charge in [-0.2, -0.15) is 23.5 Å². The Morgan fingerprint density at radius 3 is 1.52 bits per heavy atom. The number of rotatable bonds is 36. The van der Waals surface area contributed by atoms with Crippen molar-refractivity contribution in [2.75, 3.05) is 61.2 Å². The minimum absolute atomic E-state index is 0. The molecule has 7 rings (SSSR count). The van der Waals surface area contributed by atoms with E-state index >= 15 is 0 Å². The molecule has 98 heavy (non-hydrogen) atoms. The van der Waals surface area contributed by atoms with Crippen LogP contribution in [0.1, 0.15) is 78.7 Å². The Labute approximate surface area is 621 Å². The van der Waals surface area contributed by atoms with Gasteiger partial charge in [0.25, 0.3) is 11.8 Å². The van der Waals surface area contributed by atoms with Gasteiger partial charge in [0.2, 0.25) is 17.6 Å². The molecule has 0 saturated carbocycles. The zero-order valence-electron chi connectivity index (χ0n) is 55.0. The number of anilines is 1. The third kappa shape index (κ3) is 25.7. The molecule has 0 unspecified atom stereocenters. The second-order valence-electron chi connectivity index (χ2n) is 23.0. The van der Waals surface area contributed by atoms with E-state index in [1.807, 2.05) is 60.7 Å². The molecule has 0 aromatic heterocycles. The number of aliphatic carboxylic acids is 1. The van der Waals surface area contributed by atoms with E-state index in [9.17, 15) is 74.1 Å². The Hall–Kier alpha value is -5.68. The van der Waals surface area contributed by atoms with Crippen molar-refractivity contribution in [3.8, 4) is 22.3 Å². The van der Waals surface area contributed by atoms with Gasteiger partial charge in [0.1, 0.15) is 36.2 Å². The number of urea groups is 1. The Morgan fingerprint density at radius 1 is 0.592 bits per heavy atom. The zero-order chi connectivity index (χ0) is 68.5. The number of carboxylic acid groups (broad SMARTS) is 1. The second-order valence-corrected chi connectivity index (χ2v) is 25.5. The summed E-state index contributed by atoms with van der Waals surface area (Å²) in [7, 11) is 0. The molecular formula is C68H83N6Na2O20S2-. The van der Waals surface area contributed by atoms with Crippen molar-refractivity contribution < 1.29 is 158 Å². The van der Waals surface area contributed by atoms with Crippen LogP contribution in [0.3, 0.4) is 0 Å². The maximum Gasteiger partial charge on any atom is 1.00 e. The number of nitrogens with one attached hydrogen (secondary N) is 6. The standard InChI is InChI=1S/C68H83N6O19S2.2Na.H2O/c1-42(76)72-57-53(79)37-67(41-75,92-61(57)59(83)55(81)39-70-63(85)49-23-19-47(20-24-49)45-12-5-3-6-13-45)90-30-10-34-95-35-29-69-66(89)74-51-27-17-44(18-28-51)36-52(78)16-9-32-94-33-11-31-91-68(65(87)88)38-54(80)58(73-43(2)77)62(93-68)60(84)56(82)40-71-64(86)50-25-21-48(22-26-50)46-14-7-4-8-15-46;;;/h3-8,12-15,17-28,53-62,79-84H,9-11,16,29-40H2,1-2H3,(H,70,85)(H,71,86)(H,72,76)(H,73,77)(H,87,88)(H2,69,74,89);;;1H2/q-1;2*+1;/p-2/t53-,54-,55+,56+,57+,58+,59+,60+,61+,62+,67+,68+;;;/m0.../s1. The molecule has 520 valence electrons. The number of amides is 6. The molecule has 2 saturated heterocycles. The van der Waals surface area contributed by atoms with Crippen LogP contribution in [0.2, 0.25) is 0 Å². The number of hydrogen-bond acceptors (Lipinski definition) is 22. The summed E-state index contributed by atoms with van der Waals surface area (Å²) in [5.74, 6) is -6.78. The van der Waals surface area contributed by atoms with Crippen LogP contribution in [-0.2, 0) is 49.3 Å². The molecule has 0 spiro atoms. The smallest absolute Gasteiger partial charge is 0.870 e. The van der Waals surface area contributed by atoms with Gasteiger partial charge in [-0.3, -0.25) is 24.0 Å². The van der Waals surface area contributed by atoms with Crippen LogP contribution in [0, 0.1) is 0 Å². The molecule has 2 heterocycles. The van der Waals surface area contributed by atoms with E-state index < -0.39 is 134 Å². The Balaban J connectivity index is 0.00000680. The molecule has 12 atom stereocenters. The zero-order valence-corrected chi connectivity index (χ0v) is 60.7. The summed E-state index contributed by atoms with van der Waals surface area (Å²) in [5, 5.41) is 95.0. The van der Waals surface area contributed by atoms with E-state index in [1.54, 1.807) is 79.1 Å². The molecular weight excluding hydrogens is 1330 g/mol. The summed E-state index contributed by atoms with van der Waals surface area (Å²) in [6, 6.07) is 36.3. The normalized spacial score (nSPS) is 21.5. The fourth-order valence-electron chi connectivity index (χ4n) is 10.8. The van der Waals surface area contributed by atoms with Gasteiger partial charge < -0.3 is 102 Å². The number of benzene rings is 5. The van der Waals surface area contributed by atoms with E-state index in [0.29, 0.717) is 66.5 Å². The third-order valence-corrected chi connectivity index (χ3v) is 17.9. The average molecular weight is 1410 g/mol. The summed E-state index contributed by atoms with van der Waals surface area (Å²) in [6.45, 7) is 1.45. The van der Waals surface area contributed by atoms with Crippen molar-refractivity contribution >= 4 is 76.9 Å². The van der Waals surface area contributed by atoms with Crippen LogP contribution in [0.25, 0.3) is 22.3 Å². The molecule has 30 heteroatoms. The molecule has 26 nitrogen and oxygen atoms in total. The molecule has 0 aliphatic carbocycles. The van der Waals surface area contributed by atoms with Gasteiger partial charge in [-0.1, -0.05) is 97.1 Å². The Morgan fingerprint density at radius 2 is 1.04 bits per heavy atom. The van der Waals surface area contributed by atoms with Crippen molar-refractivity contribution in [2.24, 2.45) is 0 Å². The number of ketones is 1. The summed E-state index contributed by atoms with van der Waals surface area (Å²) < 4.78 is 23.2. The Kier molecular flexibility index (Phi) is 36.8. The van der Waals surface area contributed by atoms with E-state index in [2.05, 4.69) is 31.9 Å². The minimum Gasteiger partial charge on any atom is -0.870 e. The van der Waals surface area contributed by atoms with E-state index in [0.717, 1.165) is 34.7 Å². The van der Waals surface area contributed by atoms with Crippen molar-refractivity contribution in [2.45, 2.75) is 131 Å². The molecule has 2 fully saturated rings. The second kappa shape index (κ2) is 42.5. The van der Waals surface area contributed by atoms with E-state index in [4.69, 9.17) is 18.9 Å². The van der Waals surface area contributed by atoms with E-state index in [-0.39, 0.29) is 95.6 Å². The number of hydrogen-bond donors (Lipinski definition) is 12. The number of carbonyl (C=O) groups excluding carboxylic acids is 8. The first-order valence-electron chi connectivity index (χ1n) is 31.1. The predicted molar refractivity (Wildman–Crippen MR) is 354 cm³/mol. The van der Waals surface area contributed by atoms with Crippen molar-refractivity contribution in [3.05, 3.63) is 150 Å².